The number of aryl methyl sites for hydroxylation is 1. The molecule has 1 unspecified atom stereocenters. The summed E-state index contributed by atoms with van der Waals surface area (Å²) >= 11 is 7.87. The number of thiazole rings is 1. The molecule has 0 aliphatic carbocycles. The minimum atomic E-state index is 0.0165. The number of hydrogen-bond acceptors (Lipinski definition) is 4. The SMILES string of the molecule is CCCn1ncc(Cl)c1C(NCC)c1cscn1. The van der Waals surface area contributed by atoms with Gasteiger partial charge in [0.25, 0.3) is 0 Å². The van der Waals surface area contributed by atoms with E-state index in [9.17, 15) is 0 Å². The Morgan fingerprint density at radius 1 is 1.50 bits per heavy atom. The van der Waals surface area contributed by atoms with Crippen molar-refractivity contribution < 1.29 is 0 Å². The monoisotopic (exact) mass is 284 g/mol. The lowest BCUT2D eigenvalue weighted by Crippen LogP contribution is -2.25. The Balaban J connectivity index is 2.39. The molecule has 4 nitrogen and oxygen atoms in total. The Kier molecular flexibility index (Phi) is 4.74. The summed E-state index contributed by atoms with van der Waals surface area (Å²) in [6.07, 6.45) is 2.74. The summed E-state index contributed by atoms with van der Waals surface area (Å²) < 4.78 is 1.97. The summed E-state index contributed by atoms with van der Waals surface area (Å²) in [7, 11) is 0. The van der Waals surface area contributed by atoms with Crippen LogP contribution in [0.3, 0.4) is 0 Å². The summed E-state index contributed by atoms with van der Waals surface area (Å²) in [5.41, 5.74) is 3.85. The number of halogens is 1. The second kappa shape index (κ2) is 6.31. The lowest BCUT2D eigenvalue weighted by Gasteiger charge is -2.18. The second-order valence-corrected chi connectivity index (χ2v) is 5.13. The molecule has 1 N–H and O–H groups in total. The summed E-state index contributed by atoms with van der Waals surface area (Å²) in [5.74, 6) is 0. The second-order valence-electron chi connectivity index (χ2n) is 4.00. The van der Waals surface area contributed by atoms with Gasteiger partial charge in [-0.15, -0.1) is 11.3 Å². The first-order valence-electron chi connectivity index (χ1n) is 6.10. The highest BCUT2D eigenvalue weighted by Crippen LogP contribution is 2.28. The Bertz CT molecular complexity index is 480. The van der Waals surface area contributed by atoms with Crippen LogP contribution in [0.25, 0.3) is 0 Å². The number of nitrogens with one attached hydrogen (secondary N) is 1. The summed E-state index contributed by atoms with van der Waals surface area (Å²) in [6, 6.07) is 0.0165. The smallest absolute Gasteiger partial charge is 0.0945 e. The van der Waals surface area contributed by atoms with Crippen molar-refractivity contribution in [2.24, 2.45) is 0 Å². The molecular weight excluding hydrogens is 268 g/mol. The zero-order valence-corrected chi connectivity index (χ0v) is 12.1. The fourth-order valence-corrected chi connectivity index (χ4v) is 2.79. The third kappa shape index (κ3) is 2.74. The molecule has 2 rings (SSSR count). The van der Waals surface area contributed by atoms with E-state index in [4.69, 9.17) is 11.6 Å². The molecule has 0 saturated carbocycles. The summed E-state index contributed by atoms with van der Waals surface area (Å²) in [6.45, 7) is 5.93. The van der Waals surface area contributed by atoms with Crippen molar-refractivity contribution in [3.63, 3.8) is 0 Å². The van der Waals surface area contributed by atoms with Crippen LogP contribution in [-0.4, -0.2) is 21.3 Å². The van der Waals surface area contributed by atoms with E-state index >= 15 is 0 Å². The molecule has 0 saturated heterocycles. The molecule has 1 atom stereocenters. The Labute approximate surface area is 116 Å². The van der Waals surface area contributed by atoms with Gasteiger partial charge in [0.2, 0.25) is 0 Å². The normalized spacial score (nSPS) is 12.8. The van der Waals surface area contributed by atoms with Crippen molar-refractivity contribution in [1.29, 1.82) is 0 Å². The van der Waals surface area contributed by atoms with Crippen molar-refractivity contribution in [3.8, 4) is 0 Å². The minimum Gasteiger partial charge on any atom is -0.304 e. The number of rotatable bonds is 6. The first-order valence-corrected chi connectivity index (χ1v) is 7.42. The first kappa shape index (κ1) is 13.5. The average molecular weight is 285 g/mol. The van der Waals surface area contributed by atoms with Crippen LogP contribution in [0.2, 0.25) is 5.02 Å². The van der Waals surface area contributed by atoms with Gasteiger partial charge in [0.05, 0.1) is 34.2 Å². The van der Waals surface area contributed by atoms with Crippen LogP contribution >= 0.6 is 22.9 Å². The maximum Gasteiger partial charge on any atom is 0.0945 e. The molecule has 2 aromatic rings. The molecule has 2 heterocycles. The molecule has 2 aromatic heterocycles. The van der Waals surface area contributed by atoms with Crippen LogP contribution < -0.4 is 5.32 Å². The van der Waals surface area contributed by atoms with Gasteiger partial charge in [0.15, 0.2) is 0 Å². The quantitative estimate of drug-likeness (QED) is 0.886. The van der Waals surface area contributed by atoms with E-state index in [2.05, 4.69) is 29.2 Å². The molecule has 98 valence electrons. The molecule has 6 heteroatoms. The Hall–Kier alpha value is -0.910. The van der Waals surface area contributed by atoms with E-state index in [-0.39, 0.29) is 6.04 Å². The van der Waals surface area contributed by atoms with Crippen molar-refractivity contribution in [1.82, 2.24) is 20.1 Å². The van der Waals surface area contributed by atoms with Crippen LogP contribution in [0.1, 0.15) is 37.7 Å². The van der Waals surface area contributed by atoms with E-state index in [1.54, 1.807) is 17.5 Å². The molecule has 0 amide bonds. The fraction of sp³-hybridized carbons (Fsp3) is 0.500. The molecule has 0 aliphatic rings. The number of nitrogens with zero attached hydrogens (tertiary/aromatic N) is 3. The van der Waals surface area contributed by atoms with Gasteiger partial charge in [-0.25, -0.2) is 4.98 Å². The molecule has 0 aromatic carbocycles. The van der Waals surface area contributed by atoms with Gasteiger partial charge in [-0.3, -0.25) is 4.68 Å². The van der Waals surface area contributed by atoms with Crippen molar-refractivity contribution in [3.05, 3.63) is 33.5 Å². The molecule has 0 aliphatic heterocycles. The maximum absolute atomic E-state index is 6.28. The largest absolute Gasteiger partial charge is 0.304 e. The van der Waals surface area contributed by atoms with Gasteiger partial charge in [-0.05, 0) is 13.0 Å². The number of aromatic nitrogens is 3. The molecule has 0 fully saturated rings. The first-order chi connectivity index (χ1) is 8.77. The van der Waals surface area contributed by atoms with Crippen molar-refractivity contribution >= 4 is 22.9 Å². The van der Waals surface area contributed by atoms with Gasteiger partial charge in [-0.2, -0.15) is 5.10 Å². The molecule has 0 spiro atoms. The summed E-state index contributed by atoms with van der Waals surface area (Å²) in [5, 5.41) is 10.5. The molecular formula is C12H17ClN4S. The third-order valence-electron chi connectivity index (χ3n) is 2.70. The molecule has 0 bridgehead atoms. The van der Waals surface area contributed by atoms with Crippen LogP contribution in [0.5, 0.6) is 0 Å². The zero-order chi connectivity index (χ0) is 13.0. The highest BCUT2D eigenvalue weighted by molar-refractivity contribution is 7.07. The van der Waals surface area contributed by atoms with Gasteiger partial charge in [-0.1, -0.05) is 25.4 Å². The highest BCUT2D eigenvalue weighted by Gasteiger charge is 2.22. The van der Waals surface area contributed by atoms with Crippen molar-refractivity contribution in [2.45, 2.75) is 32.9 Å². The highest BCUT2D eigenvalue weighted by atomic mass is 35.5. The zero-order valence-electron chi connectivity index (χ0n) is 10.6. The average Bonchev–Trinajstić information content (AvgIpc) is 2.98. The molecule has 18 heavy (non-hydrogen) atoms. The maximum atomic E-state index is 6.28. The van der Waals surface area contributed by atoms with Gasteiger partial charge in [0, 0.05) is 11.9 Å². The number of hydrogen-bond donors (Lipinski definition) is 1. The van der Waals surface area contributed by atoms with Crippen molar-refractivity contribution in [2.75, 3.05) is 6.54 Å². The fourth-order valence-electron chi connectivity index (χ4n) is 1.96. The lowest BCUT2D eigenvalue weighted by molar-refractivity contribution is 0.516. The van der Waals surface area contributed by atoms with Gasteiger partial charge < -0.3 is 5.32 Å². The van der Waals surface area contributed by atoms with Gasteiger partial charge >= 0.3 is 0 Å². The predicted octanol–water partition coefficient (Wildman–Crippen LogP) is 3.10. The van der Waals surface area contributed by atoms with Crippen LogP contribution in [0, 0.1) is 0 Å². The molecule has 0 radical (unpaired) electrons. The van der Waals surface area contributed by atoms with E-state index in [0.29, 0.717) is 5.02 Å². The van der Waals surface area contributed by atoms with E-state index in [1.807, 2.05) is 15.6 Å². The topological polar surface area (TPSA) is 42.7 Å². The Morgan fingerprint density at radius 2 is 2.33 bits per heavy atom. The predicted molar refractivity (Wildman–Crippen MR) is 75.2 cm³/mol. The van der Waals surface area contributed by atoms with E-state index in [0.717, 1.165) is 30.9 Å². The third-order valence-corrected chi connectivity index (χ3v) is 3.59. The van der Waals surface area contributed by atoms with Crippen LogP contribution in [0.15, 0.2) is 17.1 Å². The van der Waals surface area contributed by atoms with Crippen LogP contribution in [-0.2, 0) is 6.54 Å². The minimum absolute atomic E-state index is 0.0165. The standard InChI is InChI=1S/C12H17ClN4S/c1-3-5-17-12(9(13)6-16-17)11(14-4-2)10-7-18-8-15-10/h6-8,11,14H,3-5H2,1-2H3. The van der Waals surface area contributed by atoms with Crippen LogP contribution in [0.4, 0.5) is 0 Å². The van der Waals surface area contributed by atoms with E-state index < -0.39 is 0 Å². The van der Waals surface area contributed by atoms with Gasteiger partial charge in [0.1, 0.15) is 0 Å². The lowest BCUT2D eigenvalue weighted by atomic mass is 10.1. The Morgan fingerprint density at radius 3 is 2.94 bits per heavy atom. The van der Waals surface area contributed by atoms with E-state index in [1.165, 1.54) is 0 Å². The summed E-state index contributed by atoms with van der Waals surface area (Å²) in [4.78, 5) is 4.39.